The van der Waals surface area contributed by atoms with E-state index in [1.54, 1.807) is 36.4 Å². The zero-order chi connectivity index (χ0) is 24.7. The van der Waals surface area contributed by atoms with Crippen molar-refractivity contribution in [1.29, 1.82) is 5.26 Å². The molecule has 0 heterocycles. The van der Waals surface area contributed by atoms with Crippen molar-refractivity contribution in [3.63, 3.8) is 0 Å². The maximum atomic E-state index is 12.7. The maximum absolute atomic E-state index is 12.7. The van der Waals surface area contributed by atoms with E-state index in [2.05, 4.69) is 21.2 Å². The summed E-state index contributed by atoms with van der Waals surface area (Å²) < 4.78 is 12.3. The van der Waals surface area contributed by atoms with Crippen LogP contribution in [0.15, 0.2) is 64.6 Å². The number of rotatable bonds is 8. The first-order valence-electron chi connectivity index (χ1n) is 10.3. The SMILES string of the molecule is CCOc1cc(/C=C(\C#N)C(=O)Nc2ccccc2C)c(Br)cc1OCc1ccc(Cl)cc1Cl. The molecule has 0 aliphatic rings. The fourth-order valence-electron chi connectivity index (χ4n) is 3.04. The van der Waals surface area contributed by atoms with Gasteiger partial charge in [0.1, 0.15) is 18.2 Å². The first kappa shape index (κ1) is 25.6. The van der Waals surface area contributed by atoms with E-state index in [0.717, 1.165) is 11.1 Å². The molecule has 0 atom stereocenters. The molecule has 3 rings (SSSR count). The first-order valence-corrected chi connectivity index (χ1v) is 11.9. The lowest BCUT2D eigenvalue weighted by Crippen LogP contribution is -2.14. The number of amides is 1. The Morgan fingerprint density at radius 2 is 1.85 bits per heavy atom. The van der Waals surface area contributed by atoms with Crippen molar-refractivity contribution >= 4 is 56.8 Å². The molecule has 0 saturated heterocycles. The molecule has 0 fully saturated rings. The van der Waals surface area contributed by atoms with Crippen LogP contribution in [0.1, 0.15) is 23.6 Å². The van der Waals surface area contributed by atoms with Crippen LogP contribution in [0.4, 0.5) is 5.69 Å². The monoisotopic (exact) mass is 558 g/mol. The number of nitriles is 1. The van der Waals surface area contributed by atoms with E-state index in [9.17, 15) is 10.1 Å². The molecule has 0 aromatic heterocycles. The second-order valence-corrected chi connectivity index (χ2v) is 8.91. The second kappa shape index (κ2) is 11.9. The molecule has 1 amide bonds. The number of carbonyl (C=O) groups is 1. The van der Waals surface area contributed by atoms with E-state index in [0.29, 0.717) is 43.9 Å². The van der Waals surface area contributed by atoms with Crippen LogP contribution in [-0.4, -0.2) is 12.5 Å². The van der Waals surface area contributed by atoms with Crippen LogP contribution in [-0.2, 0) is 11.4 Å². The highest BCUT2D eigenvalue weighted by Gasteiger charge is 2.15. The second-order valence-electron chi connectivity index (χ2n) is 7.22. The van der Waals surface area contributed by atoms with Gasteiger partial charge < -0.3 is 14.8 Å². The number of carbonyl (C=O) groups excluding carboxylic acids is 1. The number of anilines is 1. The molecular weight excluding hydrogens is 539 g/mol. The largest absolute Gasteiger partial charge is 0.490 e. The van der Waals surface area contributed by atoms with Crippen LogP contribution in [0, 0.1) is 18.3 Å². The fraction of sp³-hybridized carbons (Fsp3) is 0.154. The van der Waals surface area contributed by atoms with Gasteiger partial charge in [0.15, 0.2) is 11.5 Å². The molecule has 0 aliphatic heterocycles. The fourth-order valence-corrected chi connectivity index (χ4v) is 3.94. The van der Waals surface area contributed by atoms with E-state index in [-0.39, 0.29) is 12.2 Å². The van der Waals surface area contributed by atoms with Crippen molar-refractivity contribution in [2.24, 2.45) is 0 Å². The van der Waals surface area contributed by atoms with E-state index >= 15 is 0 Å². The van der Waals surface area contributed by atoms with Gasteiger partial charge >= 0.3 is 0 Å². The molecule has 34 heavy (non-hydrogen) atoms. The van der Waals surface area contributed by atoms with Crippen LogP contribution in [0.3, 0.4) is 0 Å². The van der Waals surface area contributed by atoms with Gasteiger partial charge in [0.05, 0.1) is 6.61 Å². The van der Waals surface area contributed by atoms with Crippen LogP contribution in [0.5, 0.6) is 11.5 Å². The van der Waals surface area contributed by atoms with Crippen molar-refractivity contribution in [2.45, 2.75) is 20.5 Å². The number of hydrogen-bond donors (Lipinski definition) is 1. The number of hydrogen-bond acceptors (Lipinski definition) is 4. The molecular formula is C26H21BrCl2N2O3. The molecule has 0 saturated carbocycles. The Bertz CT molecular complexity index is 1290. The lowest BCUT2D eigenvalue weighted by Gasteiger charge is -2.15. The van der Waals surface area contributed by atoms with Gasteiger partial charge in [0.2, 0.25) is 0 Å². The van der Waals surface area contributed by atoms with Crippen LogP contribution in [0.25, 0.3) is 6.08 Å². The normalized spacial score (nSPS) is 11.0. The number of benzene rings is 3. The lowest BCUT2D eigenvalue weighted by molar-refractivity contribution is -0.112. The average molecular weight is 560 g/mol. The molecule has 174 valence electrons. The van der Waals surface area contributed by atoms with Gasteiger partial charge in [-0.15, -0.1) is 0 Å². The van der Waals surface area contributed by atoms with Gasteiger partial charge in [-0.05, 0) is 61.4 Å². The molecule has 1 N–H and O–H groups in total. The third-order valence-electron chi connectivity index (χ3n) is 4.82. The minimum absolute atomic E-state index is 0.0481. The predicted octanol–water partition coefficient (Wildman–Crippen LogP) is 7.59. The summed E-state index contributed by atoms with van der Waals surface area (Å²) in [5.74, 6) is 0.456. The Labute approximate surface area is 217 Å². The molecule has 3 aromatic rings. The average Bonchev–Trinajstić information content (AvgIpc) is 2.80. The molecule has 0 unspecified atom stereocenters. The van der Waals surface area contributed by atoms with Crippen molar-refractivity contribution in [2.75, 3.05) is 11.9 Å². The minimum Gasteiger partial charge on any atom is -0.490 e. The zero-order valence-electron chi connectivity index (χ0n) is 18.5. The predicted molar refractivity (Wildman–Crippen MR) is 140 cm³/mol. The Morgan fingerprint density at radius 3 is 2.53 bits per heavy atom. The summed E-state index contributed by atoms with van der Waals surface area (Å²) in [4.78, 5) is 12.7. The summed E-state index contributed by atoms with van der Waals surface area (Å²) in [6.45, 7) is 4.35. The van der Waals surface area contributed by atoms with Crippen molar-refractivity contribution in [3.05, 3.63) is 91.4 Å². The number of aryl methyl sites for hydroxylation is 1. The highest BCUT2D eigenvalue weighted by atomic mass is 79.9. The standard InChI is InChI=1S/C26H21BrCl2N2O3/c1-3-33-24-11-18(10-19(14-30)26(32)31-23-7-5-4-6-16(23)2)21(27)13-25(24)34-15-17-8-9-20(28)12-22(17)29/h4-13H,3,15H2,1-2H3,(H,31,32)/b19-10+. The van der Waals surface area contributed by atoms with Crippen molar-refractivity contribution in [1.82, 2.24) is 0 Å². The van der Waals surface area contributed by atoms with Gasteiger partial charge in [-0.2, -0.15) is 5.26 Å². The Hall–Kier alpha value is -2.98. The van der Waals surface area contributed by atoms with Gasteiger partial charge in [-0.25, -0.2) is 0 Å². The highest BCUT2D eigenvalue weighted by molar-refractivity contribution is 9.10. The summed E-state index contributed by atoms with van der Waals surface area (Å²) >= 11 is 15.7. The zero-order valence-corrected chi connectivity index (χ0v) is 21.6. The molecule has 5 nitrogen and oxygen atoms in total. The smallest absolute Gasteiger partial charge is 0.266 e. The number of halogens is 3. The highest BCUT2D eigenvalue weighted by Crippen LogP contribution is 2.36. The van der Waals surface area contributed by atoms with Crippen molar-refractivity contribution in [3.8, 4) is 17.6 Å². The quantitative estimate of drug-likeness (QED) is 0.228. The van der Waals surface area contributed by atoms with E-state index in [4.69, 9.17) is 32.7 Å². The van der Waals surface area contributed by atoms with Gasteiger partial charge in [-0.3, -0.25) is 4.79 Å². The minimum atomic E-state index is -0.501. The van der Waals surface area contributed by atoms with Crippen LogP contribution < -0.4 is 14.8 Å². The molecule has 0 aliphatic carbocycles. The van der Waals surface area contributed by atoms with E-state index < -0.39 is 5.91 Å². The third-order valence-corrected chi connectivity index (χ3v) is 6.09. The van der Waals surface area contributed by atoms with Crippen LogP contribution in [0.2, 0.25) is 10.0 Å². The molecule has 8 heteroatoms. The van der Waals surface area contributed by atoms with Crippen LogP contribution >= 0.6 is 39.1 Å². The summed E-state index contributed by atoms with van der Waals surface area (Å²) in [7, 11) is 0. The molecule has 3 aromatic carbocycles. The molecule has 0 spiro atoms. The summed E-state index contributed by atoms with van der Waals surface area (Å²) in [6.07, 6.45) is 1.50. The summed E-state index contributed by atoms with van der Waals surface area (Å²) in [5, 5.41) is 13.4. The molecule has 0 bridgehead atoms. The van der Waals surface area contributed by atoms with E-state index in [1.807, 2.05) is 38.1 Å². The number of ether oxygens (including phenoxy) is 2. The Kier molecular flexibility index (Phi) is 9.00. The first-order chi connectivity index (χ1) is 16.3. The Balaban J connectivity index is 1.87. The molecule has 0 radical (unpaired) electrons. The van der Waals surface area contributed by atoms with Gasteiger partial charge in [0, 0.05) is 25.8 Å². The summed E-state index contributed by atoms with van der Waals surface area (Å²) in [6, 6.07) is 18.0. The number of nitrogens with zero attached hydrogens (tertiary/aromatic N) is 1. The topological polar surface area (TPSA) is 71.3 Å². The third kappa shape index (κ3) is 6.54. The lowest BCUT2D eigenvalue weighted by atomic mass is 10.1. The number of para-hydroxylation sites is 1. The maximum Gasteiger partial charge on any atom is 0.266 e. The van der Waals surface area contributed by atoms with E-state index in [1.165, 1.54) is 6.08 Å². The number of nitrogens with one attached hydrogen (secondary N) is 1. The summed E-state index contributed by atoms with van der Waals surface area (Å²) in [5.41, 5.74) is 2.86. The van der Waals surface area contributed by atoms with Gasteiger partial charge in [-0.1, -0.05) is 63.4 Å². The van der Waals surface area contributed by atoms with Crippen molar-refractivity contribution < 1.29 is 14.3 Å². The van der Waals surface area contributed by atoms with Gasteiger partial charge in [0.25, 0.3) is 5.91 Å². The Morgan fingerprint density at radius 1 is 1.12 bits per heavy atom.